The second-order valence-electron chi connectivity index (χ2n) is 4.73. The zero-order valence-corrected chi connectivity index (χ0v) is 11.2. The summed E-state index contributed by atoms with van der Waals surface area (Å²) in [5, 5.41) is 9.48. The van der Waals surface area contributed by atoms with Crippen LogP contribution in [0.3, 0.4) is 0 Å². The van der Waals surface area contributed by atoms with Gasteiger partial charge < -0.3 is 5.11 Å². The van der Waals surface area contributed by atoms with Crippen molar-refractivity contribution in [3.05, 3.63) is 21.9 Å². The molecule has 2 heterocycles. The summed E-state index contributed by atoms with van der Waals surface area (Å²) in [6.45, 7) is 5.74. The van der Waals surface area contributed by atoms with E-state index in [1.807, 2.05) is 6.92 Å². The summed E-state index contributed by atoms with van der Waals surface area (Å²) in [6.07, 6.45) is 2.46. The molecule has 0 amide bonds. The Morgan fingerprint density at radius 1 is 1.59 bits per heavy atom. The van der Waals surface area contributed by atoms with Gasteiger partial charge in [0.25, 0.3) is 0 Å². The summed E-state index contributed by atoms with van der Waals surface area (Å²) in [7, 11) is 0. The zero-order valence-electron chi connectivity index (χ0n) is 10.4. The van der Waals surface area contributed by atoms with Gasteiger partial charge in [0.1, 0.15) is 5.54 Å². The van der Waals surface area contributed by atoms with Crippen molar-refractivity contribution in [2.45, 2.75) is 45.2 Å². The molecule has 0 spiro atoms. The smallest absolute Gasteiger partial charge is 0.324 e. The van der Waals surface area contributed by atoms with Crippen LogP contribution in [-0.4, -0.2) is 28.1 Å². The molecule has 1 unspecified atom stereocenters. The summed E-state index contributed by atoms with van der Waals surface area (Å²) >= 11 is 1.76. The van der Waals surface area contributed by atoms with Crippen LogP contribution in [0.1, 0.15) is 35.9 Å². The van der Waals surface area contributed by atoms with E-state index in [0.717, 1.165) is 25.9 Å². The Labute approximate surface area is 106 Å². The monoisotopic (exact) mass is 253 g/mol. The fourth-order valence-electron chi connectivity index (χ4n) is 2.72. The van der Waals surface area contributed by atoms with Crippen molar-refractivity contribution in [2.24, 2.45) is 0 Å². The van der Waals surface area contributed by atoms with E-state index >= 15 is 0 Å². The molecular formula is C13H19NO2S. The second-order valence-corrected chi connectivity index (χ2v) is 6.10. The molecule has 3 nitrogen and oxygen atoms in total. The van der Waals surface area contributed by atoms with Crippen LogP contribution >= 0.6 is 11.3 Å². The van der Waals surface area contributed by atoms with Gasteiger partial charge in [0.15, 0.2) is 0 Å². The number of carboxylic acids is 1. The largest absolute Gasteiger partial charge is 0.480 e. The van der Waals surface area contributed by atoms with Gasteiger partial charge in [-0.05, 0) is 44.9 Å². The molecule has 0 aliphatic carbocycles. The van der Waals surface area contributed by atoms with E-state index in [4.69, 9.17) is 0 Å². The molecule has 1 aliphatic rings. The lowest BCUT2D eigenvalue weighted by Crippen LogP contribution is -2.49. The van der Waals surface area contributed by atoms with Crippen molar-refractivity contribution in [3.63, 3.8) is 0 Å². The predicted octanol–water partition coefficient (Wildman–Crippen LogP) is 2.89. The lowest BCUT2D eigenvalue weighted by atomic mass is 9.93. The van der Waals surface area contributed by atoms with Gasteiger partial charge >= 0.3 is 5.97 Å². The molecule has 94 valence electrons. The third-order valence-electron chi connectivity index (χ3n) is 3.75. The summed E-state index contributed by atoms with van der Waals surface area (Å²) in [4.78, 5) is 16.2. The lowest BCUT2D eigenvalue weighted by molar-refractivity contribution is -0.150. The van der Waals surface area contributed by atoms with Gasteiger partial charge in [0.05, 0.1) is 0 Å². The van der Waals surface area contributed by atoms with E-state index in [2.05, 4.69) is 24.0 Å². The van der Waals surface area contributed by atoms with E-state index in [0.29, 0.717) is 6.42 Å². The molecule has 4 heteroatoms. The number of carbonyl (C=O) groups is 1. The minimum absolute atomic E-state index is 0.627. The van der Waals surface area contributed by atoms with Gasteiger partial charge in [-0.15, -0.1) is 11.3 Å². The second kappa shape index (κ2) is 4.78. The molecule has 1 aromatic rings. The van der Waals surface area contributed by atoms with Crippen LogP contribution in [0.5, 0.6) is 0 Å². The normalized spacial score (nSPS) is 25.3. The van der Waals surface area contributed by atoms with Gasteiger partial charge in [-0.25, -0.2) is 0 Å². The molecular weight excluding hydrogens is 234 g/mol. The third-order valence-corrected chi connectivity index (χ3v) is 4.73. The first-order chi connectivity index (χ1) is 8.08. The molecule has 1 saturated heterocycles. The first-order valence-corrected chi connectivity index (χ1v) is 6.94. The van der Waals surface area contributed by atoms with Crippen LogP contribution in [0.15, 0.2) is 12.1 Å². The molecule has 1 N–H and O–H groups in total. The first-order valence-electron chi connectivity index (χ1n) is 6.12. The van der Waals surface area contributed by atoms with Gasteiger partial charge in [-0.3, -0.25) is 9.69 Å². The highest BCUT2D eigenvalue weighted by molar-refractivity contribution is 7.11. The molecule has 0 bridgehead atoms. The SMILES string of the molecule is CCC1(C(=O)O)CCCN1Cc1ccc(C)s1. The summed E-state index contributed by atoms with van der Waals surface area (Å²) in [5.74, 6) is -0.661. The Hall–Kier alpha value is -0.870. The van der Waals surface area contributed by atoms with Crippen LogP contribution < -0.4 is 0 Å². The zero-order chi connectivity index (χ0) is 12.5. The van der Waals surface area contributed by atoms with E-state index < -0.39 is 11.5 Å². The fraction of sp³-hybridized carbons (Fsp3) is 0.615. The number of rotatable bonds is 4. The highest BCUT2D eigenvalue weighted by Crippen LogP contribution is 2.34. The molecule has 1 atom stereocenters. The maximum absolute atomic E-state index is 11.5. The van der Waals surface area contributed by atoms with Crippen LogP contribution in [0.2, 0.25) is 0 Å². The molecule has 1 fully saturated rings. The number of carboxylic acid groups (broad SMARTS) is 1. The molecule has 0 saturated carbocycles. The maximum atomic E-state index is 11.5. The van der Waals surface area contributed by atoms with Crippen LogP contribution in [0, 0.1) is 6.92 Å². The van der Waals surface area contributed by atoms with Crippen molar-refractivity contribution in [2.75, 3.05) is 6.54 Å². The fourth-order valence-corrected chi connectivity index (χ4v) is 3.62. The van der Waals surface area contributed by atoms with Crippen LogP contribution in [0.25, 0.3) is 0 Å². The minimum atomic E-state index is -0.661. The maximum Gasteiger partial charge on any atom is 0.324 e. The van der Waals surface area contributed by atoms with Crippen molar-refractivity contribution >= 4 is 17.3 Å². The summed E-state index contributed by atoms with van der Waals surface area (Å²) in [5.41, 5.74) is -0.627. The molecule has 0 aromatic carbocycles. The first kappa shape index (κ1) is 12.6. The van der Waals surface area contributed by atoms with E-state index in [1.165, 1.54) is 9.75 Å². The standard InChI is InChI=1S/C13H19NO2S/c1-3-13(12(15)16)7-4-8-14(13)9-11-6-5-10(2)17-11/h5-6H,3-4,7-9H2,1-2H3,(H,15,16). The van der Waals surface area contributed by atoms with Crippen molar-refractivity contribution in [3.8, 4) is 0 Å². The number of hydrogen-bond donors (Lipinski definition) is 1. The highest BCUT2D eigenvalue weighted by Gasteiger charge is 2.45. The Balaban J connectivity index is 2.17. The van der Waals surface area contributed by atoms with E-state index in [-0.39, 0.29) is 0 Å². The Bertz CT molecular complexity index is 415. The van der Waals surface area contributed by atoms with Crippen LogP contribution in [0.4, 0.5) is 0 Å². The molecule has 17 heavy (non-hydrogen) atoms. The summed E-state index contributed by atoms with van der Waals surface area (Å²) < 4.78 is 0. The number of thiophene rings is 1. The molecule has 0 radical (unpaired) electrons. The van der Waals surface area contributed by atoms with Gasteiger partial charge in [0, 0.05) is 16.3 Å². The number of aliphatic carboxylic acids is 1. The number of likely N-dealkylation sites (tertiary alicyclic amines) is 1. The van der Waals surface area contributed by atoms with Crippen molar-refractivity contribution < 1.29 is 9.90 Å². The number of nitrogens with zero attached hydrogens (tertiary/aromatic N) is 1. The topological polar surface area (TPSA) is 40.5 Å². The van der Waals surface area contributed by atoms with Gasteiger partial charge in [-0.2, -0.15) is 0 Å². The van der Waals surface area contributed by atoms with E-state index in [9.17, 15) is 9.90 Å². The van der Waals surface area contributed by atoms with E-state index in [1.54, 1.807) is 11.3 Å². The van der Waals surface area contributed by atoms with Crippen molar-refractivity contribution in [1.29, 1.82) is 0 Å². The molecule has 1 aliphatic heterocycles. The molecule has 2 rings (SSSR count). The molecule has 1 aromatic heterocycles. The minimum Gasteiger partial charge on any atom is -0.480 e. The Kier molecular flexibility index (Phi) is 3.54. The average molecular weight is 253 g/mol. The lowest BCUT2D eigenvalue weighted by Gasteiger charge is -2.33. The number of hydrogen-bond acceptors (Lipinski definition) is 3. The van der Waals surface area contributed by atoms with Crippen molar-refractivity contribution in [1.82, 2.24) is 4.90 Å². The van der Waals surface area contributed by atoms with Gasteiger partial charge in [-0.1, -0.05) is 6.92 Å². The average Bonchev–Trinajstić information content (AvgIpc) is 2.86. The van der Waals surface area contributed by atoms with Gasteiger partial charge in [0.2, 0.25) is 0 Å². The Morgan fingerprint density at radius 3 is 2.88 bits per heavy atom. The Morgan fingerprint density at radius 2 is 2.35 bits per heavy atom. The third kappa shape index (κ3) is 2.24. The quantitative estimate of drug-likeness (QED) is 0.897. The number of aryl methyl sites for hydroxylation is 1. The summed E-state index contributed by atoms with van der Waals surface area (Å²) in [6, 6.07) is 4.21. The van der Waals surface area contributed by atoms with Crippen LogP contribution in [-0.2, 0) is 11.3 Å². The highest BCUT2D eigenvalue weighted by atomic mass is 32.1. The predicted molar refractivity (Wildman–Crippen MR) is 69.4 cm³/mol.